The van der Waals surface area contributed by atoms with Gasteiger partial charge in [-0.05, 0) is 59.4 Å². The zero-order valence-corrected chi connectivity index (χ0v) is 14.4. The predicted molar refractivity (Wildman–Crippen MR) is 88.5 cm³/mol. The lowest BCUT2D eigenvalue weighted by Gasteiger charge is -2.26. The first-order valence-electron chi connectivity index (χ1n) is 6.27. The molecule has 0 saturated carbocycles. The lowest BCUT2D eigenvalue weighted by atomic mass is 10.1. The highest BCUT2D eigenvalue weighted by molar-refractivity contribution is 9.10. The summed E-state index contributed by atoms with van der Waals surface area (Å²) >= 11 is 11.0. The van der Waals surface area contributed by atoms with Crippen molar-refractivity contribution in [2.75, 3.05) is 0 Å². The zero-order chi connectivity index (χ0) is 14.7. The van der Waals surface area contributed by atoms with E-state index >= 15 is 0 Å². The minimum Gasteiger partial charge on any atom is -0.331 e. The third kappa shape index (κ3) is 3.62. The van der Waals surface area contributed by atoms with Gasteiger partial charge in [0.1, 0.15) is 0 Å². The van der Waals surface area contributed by atoms with Crippen LogP contribution in [0, 0.1) is 0 Å². The predicted octanol–water partition coefficient (Wildman–Crippen LogP) is 5.21. The van der Waals surface area contributed by atoms with Gasteiger partial charge in [-0.3, -0.25) is 4.79 Å². The van der Waals surface area contributed by atoms with Gasteiger partial charge in [0.05, 0.1) is 12.1 Å². The molecule has 0 radical (unpaired) electrons. The Morgan fingerprint density at radius 1 is 1.40 bits per heavy atom. The largest absolute Gasteiger partial charge is 0.331 e. The standard InChI is InChI=1S/C15H15BrClNOS/c1-10(2)18(9-12-4-3-7-20-12)15(19)13-6-5-11(17)8-14(13)16/h3-8,10H,9H2,1-2H3. The van der Waals surface area contributed by atoms with Crippen molar-refractivity contribution in [2.24, 2.45) is 0 Å². The number of rotatable bonds is 4. The number of amides is 1. The van der Waals surface area contributed by atoms with Crippen LogP contribution in [0.4, 0.5) is 0 Å². The van der Waals surface area contributed by atoms with Crippen LogP contribution in [-0.2, 0) is 6.54 Å². The van der Waals surface area contributed by atoms with Gasteiger partial charge >= 0.3 is 0 Å². The molecule has 2 rings (SSSR count). The van der Waals surface area contributed by atoms with Crippen LogP contribution in [0.3, 0.4) is 0 Å². The van der Waals surface area contributed by atoms with Crippen LogP contribution in [0.15, 0.2) is 40.2 Å². The molecule has 0 bridgehead atoms. The second kappa shape index (κ2) is 6.74. The van der Waals surface area contributed by atoms with Crippen molar-refractivity contribution in [3.8, 4) is 0 Å². The molecule has 20 heavy (non-hydrogen) atoms. The molecule has 0 aliphatic heterocycles. The molecule has 0 N–H and O–H groups in total. The molecule has 0 atom stereocenters. The molecule has 1 aromatic heterocycles. The summed E-state index contributed by atoms with van der Waals surface area (Å²) in [7, 11) is 0. The second-order valence-corrected chi connectivity index (χ2v) is 7.05. The Hall–Kier alpha value is -0.840. The van der Waals surface area contributed by atoms with Crippen LogP contribution < -0.4 is 0 Å². The summed E-state index contributed by atoms with van der Waals surface area (Å²) in [5.41, 5.74) is 0.639. The summed E-state index contributed by atoms with van der Waals surface area (Å²) in [6, 6.07) is 9.43. The minimum atomic E-state index is 0.0111. The van der Waals surface area contributed by atoms with E-state index in [1.165, 1.54) is 4.88 Å². The highest BCUT2D eigenvalue weighted by atomic mass is 79.9. The monoisotopic (exact) mass is 371 g/mol. The summed E-state index contributed by atoms with van der Waals surface area (Å²) in [5, 5.41) is 2.64. The van der Waals surface area contributed by atoms with Crippen molar-refractivity contribution in [2.45, 2.75) is 26.4 Å². The number of benzene rings is 1. The van der Waals surface area contributed by atoms with E-state index in [4.69, 9.17) is 11.6 Å². The van der Waals surface area contributed by atoms with Gasteiger partial charge in [0.2, 0.25) is 0 Å². The molecule has 0 spiro atoms. The van der Waals surface area contributed by atoms with Crippen LogP contribution in [-0.4, -0.2) is 16.8 Å². The van der Waals surface area contributed by atoms with Crippen molar-refractivity contribution in [3.63, 3.8) is 0 Å². The molecule has 2 aromatic rings. The van der Waals surface area contributed by atoms with E-state index in [1.54, 1.807) is 29.5 Å². The smallest absolute Gasteiger partial charge is 0.255 e. The highest BCUT2D eigenvalue weighted by Crippen LogP contribution is 2.25. The SMILES string of the molecule is CC(C)N(Cc1cccs1)C(=O)c1ccc(Cl)cc1Br. The number of halogens is 2. The zero-order valence-electron chi connectivity index (χ0n) is 11.3. The van der Waals surface area contributed by atoms with Gasteiger partial charge in [0.25, 0.3) is 5.91 Å². The van der Waals surface area contributed by atoms with E-state index in [1.807, 2.05) is 36.3 Å². The Balaban J connectivity index is 2.27. The molecule has 2 nitrogen and oxygen atoms in total. The average molecular weight is 373 g/mol. The van der Waals surface area contributed by atoms with Crippen molar-refractivity contribution in [3.05, 3.63) is 55.6 Å². The molecule has 0 unspecified atom stereocenters. The third-order valence-electron chi connectivity index (χ3n) is 2.95. The maximum Gasteiger partial charge on any atom is 0.255 e. The van der Waals surface area contributed by atoms with Gasteiger partial charge in [-0.2, -0.15) is 0 Å². The van der Waals surface area contributed by atoms with Gasteiger partial charge in [-0.1, -0.05) is 17.7 Å². The fourth-order valence-electron chi connectivity index (χ4n) is 1.88. The second-order valence-electron chi connectivity index (χ2n) is 4.73. The van der Waals surface area contributed by atoms with E-state index in [-0.39, 0.29) is 11.9 Å². The fraction of sp³-hybridized carbons (Fsp3) is 0.267. The topological polar surface area (TPSA) is 20.3 Å². The lowest BCUT2D eigenvalue weighted by Crippen LogP contribution is -2.36. The Kier molecular flexibility index (Phi) is 5.24. The molecule has 1 aromatic carbocycles. The lowest BCUT2D eigenvalue weighted by molar-refractivity contribution is 0.0691. The van der Waals surface area contributed by atoms with E-state index in [0.717, 1.165) is 4.47 Å². The number of carbonyl (C=O) groups excluding carboxylic acids is 1. The Morgan fingerprint density at radius 3 is 2.70 bits per heavy atom. The van der Waals surface area contributed by atoms with Crippen LogP contribution in [0.1, 0.15) is 29.1 Å². The number of nitrogens with zero attached hydrogens (tertiary/aromatic N) is 1. The van der Waals surface area contributed by atoms with Gasteiger partial charge in [0.15, 0.2) is 0 Å². The molecule has 0 saturated heterocycles. The minimum absolute atomic E-state index is 0.0111. The number of hydrogen-bond donors (Lipinski definition) is 0. The Labute approximate surface area is 136 Å². The van der Waals surface area contributed by atoms with Crippen LogP contribution in [0.5, 0.6) is 0 Å². The van der Waals surface area contributed by atoms with Crippen molar-refractivity contribution in [1.82, 2.24) is 4.90 Å². The van der Waals surface area contributed by atoms with E-state index in [2.05, 4.69) is 15.9 Å². The van der Waals surface area contributed by atoms with Gasteiger partial charge < -0.3 is 4.90 Å². The summed E-state index contributed by atoms with van der Waals surface area (Å²) in [6.07, 6.45) is 0. The molecular weight excluding hydrogens is 358 g/mol. The van der Waals surface area contributed by atoms with E-state index < -0.39 is 0 Å². The van der Waals surface area contributed by atoms with Crippen LogP contribution in [0.25, 0.3) is 0 Å². The quantitative estimate of drug-likeness (QED) is 0.721. The fourth-order valence-corrected chi connectivity index (χ4v) is 3.43. The molecule has 0 aliphatic rings. The van der Waals surface area contributed by atoms with E-state index in [9.17, 15) is 4.79 Å². The van der Waals surface area contributed by atoms with Gasteiger partial charge in [-0.25, -0.2) is 0 Å². The van der Waals surface area contributed by atoms with Gasteiger partial charge in [0, 0.05) is 20.4 Å². The molecule has 0 aliphatic carbocycles. The summed E-state index contributed by atoms with van der Waals surface area (Å²) in [6.45, 7) is 4.67. The average Bonchev–Trinajstić information content (AvgIpc) is 2.87. The number of thiophene rings is 1. The molecule has 1 heterocycles. The first-order valence-corrected chi connectivity index (χ1v) is 8.32. The molecule has 0 fully saturated rings. The van der Waals surface area contributed by atoms with Gasteiger partial charge in [-0.15, -0.1) is 11.3 Å². The first kappa shape index (κ1) is 15.5. The highest BCUT2D eigenvalue weighted by Gasteiger charge is 2.21. The van der Waals surface area contributed by atoms with Crippen molar-refractivity contribution >= 4 is 44.8 Å². The van der Waals surface area contributed by atoms with Crippen molar-refractivity contribution in [1.29, 1.82) is 0 Å². The summed E-state index contributed by atoms with van der Waals surface area (Å²) in [5.74, 6) is 0.0111. The maximum absolute atomic E-state index is 12.7. The maximum atomic E-state index is 12.7. The van der Waals surface area contributed by atoms with Crippen LogP contribution in [0.2, 0.25) is 5.02 Å². The number of hydrogen-bond acceptors (Lipinski definition) is 2. The Bertz CT molecular complexity index is 598. The van der Waals surface area contributed by atoms with Crippen LogP contribution >= 0.6 is 38.9 Å². The molecule has 5 heteroatoms. The molecule has 1 amide bonds. The Morgan fingerprint density at radius 2 is 2.15 bits per heavy atom. The third-order valence-corrected chi connectivity index (χ3v) is 4.70. The normalized spacial score (nSPS) is 10.8. The molecule has 106 valence electrons. The van der Waals surface area contributed by atoms with E-state index in [0.29, 0.717) is 17.1 Å². The summed E-state index contributed by atoms with van der Waals surface area (Å²) in [4.78, 5) is 15.7. The summed E-state index contributed by atoms with van der Waals surface area (Å²) < 4.78 is 0.729. The number of carbonyl (C=O) groups is 1. The first-order chi connectivity index (χ1) is 9.49. The van der Waals surface area contributed by atoms with Crippen molar-refractivity contribution < 1.29 is 4.79 Å². The molecular formula is C15H15BrClNOS.